The summed E-state index contributed by atoms with van der Waals surface area (Å²) in [5, 5.41) is 13.1. The Kier molecular flexibility index (Phi) is 3.92. The highest BCUT2D eigenvalue weighted by molar-refractivity contribution is 7.07. The Balaban J connectivity index is 1.98. The summed E-state index contributed by atoms with van der Waals surface area (Å²) in [6, 6.07) is 12.1. The van der Waals surface area contributed by atoms with Crippen molar-refractivity contribution in [1.29, 1.82) is 5.26 Å². The van der Waals surface area contributed by atoms with E-state index < -0.39 is 0 Å². The average molecular weight is 242 g/mol. The largest absolute Gasteiger partial charge is 0.298 e. The van der Waals surface area contributed by atoms with E-state index in [2.05, 4.69) is 40.9 Å². The van der Waals surface area contributed by atoms with Crippen LogP contribution in [-0.4, -0.2) is 11.9 Å². The number of nitriles is 1. The second-order valence-electron chi connectivity index (χ2n) is 4.12. The van der Waals surface area contributed by atoms with Gasteiger partial charge in [-0.3, -0.25) is 4.90 Å². The van der Waals surface area contributed by atoms with Gasteiger partial charge in [0.2, 0.25) is 0 Å². The van der Waals surface area contributed by atoms with Gasteiger partial charge in [0, 0.05) is 13.1 Å². The Morgan fingerprint density at radius 1 is 1.24 bits per heavy atom. The van der Waals surface area contributed by atoms with Gasteiger partial charge in [0.15, 0.2) is 0 Å². The SMILES string of the molecule is CN(Cc1ccsc1)Cc1cccc(C#N)c1. The van der Waals surface area contributed by atoms with Crippen molar-refractivity contribution >= 4 is 11.3 Å². The monoisotopic (exact) mass is 242 g/mol. The van der Waals surface area contributed by atoms with Gasteiger partial charge in [-0.2, -0.15) is 16.6 Å². The first kappa shape index (κ1) is 11.8. The van der Waals surface area contributed by atoms with Crippen LogP contribution in [0.5, 0.6) is 0 Å². The molecule has 2 aromatic rings. The second-order valence-corrected chi connectivity index (χ2v) is 4.90. The molecule has 86 valence electrons. The van der Waals surface area contributed by atoms with E-state index in [4.69, 9.17) is 5.26 Å². The molecule has 0 aliphatic heterocycles. The average Bonchev–Trinajstić information content (AvgIpc) is 2.82. The molecule has 0 N–H and O–H groups in total. The zero-order valence-electron chi connectivity index (χ0n) is 9.76. The first-order chi connectivity index (χ1) is 8.28. The topological polar surface area (TPSA) is 27.0 Å². The van der Waals surface area contributed by atoms with Gasteiger partial charge in [-0.1, -0.05) is 12.1 Å². The van der Waals surface area contributed by atoms with Crippen LogP contribution in [-0.2, 0) is 13.1 Å². The van der Waals surface area contributed by atoms with E-state index in [0.717, 1.165) is 18.7 Å². The van der Waals surface area contributed by atoms with E-state index in [1.807, 2.05) is 18.2 Å². The maximum atomic E-state index is 8.84. The van der Waals surface area contributed by atoms with Gasteiger partial charge in [-0.25, -0.2) is 0 Å². The van der Waals surface area contributed by atoms with E-state index in [1.165, 1.54) is 11.1 Å². The van der Waals surface area contributed by atoms with Crippen LogP contribution >= 0.6 is 11.3 Å². The summed E-state index contributed by atoms with van der Waals surface area (Å²) in [4.78, 5) is 2.25. The minimum Gasteiger partial charge on any atom is -0.298 e. The first-order valence-corrected chi connectivity index (χ1v) is 6.41. The molecule has 0 amide bonds. The highest BCUT2D eigenvalue weighted by Gasteiger charge is 2.02. The number of thiophene rings is 1. The molecule has 0 spiro atoms. The Morgan fingerprint density at radius 3 is 2.76 bits per heavy atom. The van der Waals surface area contributed by atoms with Crippen molar-refractivity contribution in [3.63, 3.8) is 0 Å². The molecular weight excluding hydrogens is 228 g/mol. The Bertz CT molecular complexity index is 511. The quantitative estimate of drug-likeness (QED) is 0.823. The molecule has 1 aromatic heterocycles. The van der Waals surface area contributed by atoms with E-state index in [-0.39, 0.29) is 0 Å². The molecule has 0 saturated heterocycles. The molecule has 2 nitrogen and oxygen atoms in total. The molecule has 0 aliphatic carbocycles. The van der Waals surface area contributed by atoms with Gasteiger partial charge in [-0.15, -0.1) is 0 Å². The van der Waals surface area contributed by atoms with E-state index in [0.29, 0.717) is 0 Å². The van der Waals surface area contributed by atoms with Crippen LogP contribution in [0.3, 0.4) is 0 Å². The summed E-state index contributed by atoms with van der Waals surface area (Å²) in [6.07, 6.45) is 0. The van der Waals surface area contributed by atoms with Crippen LogP contribution in [0.2, 0.25) is 0 Å². The molecule has 0 aliphatic rings. The van der Waals surface area contributed by atoms with Crippen LogP contribution in [0.1, 0.15) is 16.7 Å². The van der Waals surface area contributed by atoms with Gasteiger partial charge in [-0.05, 0) is 47.1 Å². The van der Waals surface area contributed by atoms with Crippen molar-refractivity contribution in [1.82, 2.24) is 4.90 Å². The molecule has 17 heavy (non-hydrogen) atoms. The summed E-state index contributed by atoms with van der Waals surface area (Å²) < 4.78 is 0. The first-order valence-electron chi connectivity index (χ1n) is 5.46. The summed E-state index contributed by atoms with van der Waals surface area (Å²) in [5.74, 6) is 0. The summed E-state index contributed by atoms with van der Waals surface area (Å²) >= 11 is 1.72. The predicted octanol–water partition coefficient (Wildman–Crippen LogP) is 3.25. The molecule has 0 unspecified atom stereocenters. The van der Waals surface area contributed by atoms with Crippen LogP contribution < -0.4 is 0 Å². The minimum atomic E-state index is 0.728. The molecular formula is C14H14N2S. The zero-order chi connectivity index (χ0) is 12.1. The van der Waals surface area contributed by atoms with Gasteiger partial charge in [0.1, 0.15) is 0 Å². The standard InChI is InChI=1S/C14H14N2S/c1-16(10-14-5-6-17-11-14)9-13-4-2-3-12(7-13)8-15/h2-7,11H,9-10H2,1H3. The van der Waals surface area contributed by atoms with Gasteiger partial charge >= 0.3 is 0 Å². The van der Waals surface area contributed by atoms with Gasteiger partial charge in [0.25, 0.3) is 0 Å². The summed E-state index contributed by atoms with van der Waals surface area (Å²) in [5.41, 5.74) is 3.25. The van der Waals surface area contributed by atoms with E-state index >= 15 is 0 Å². The van der Waals surface area contributed by atoms with Crippen LogP contribution in [0, 0.1) is 11.3 Å². The lowest BCUT2D eigenvalue weighted by molar-refractivity contribution is 0.319. The zero-order valence-corrected chi connectivity index (χ0v) is 10.6. The van der Waals surface area contributed by atoms with E-state index in [1.54, 1.807) is 11.3 Å². The Labute approximate surface area is 106 Å². The van der Waals surface area contributed by atoms with Crippen LogP contribution in [0.25, 0.3) is 0 Å². The Morgan fingerprint density at radius 2 is 2.06 bits per heavy atom. The molecule has 0 radical (unpaired) electrons. The number of hydrogen-bond acceptors (Lipinski definition) is 3. The third-order valence-electron chi connectivity index (χ3n) is 2.54. The molecule has 1 aromatic carbocycles. The fraction of sp³-hybridized carbons (Fsp3) is 0.214. The van der Waals surface area contributed by atoms with Gasteiger partial charge < -0.3 is 0 Å². The van der Waals surface area contributed by atoms with Crippen molar-refractivity contribution in [3.8, 4) is 6.07 Å². The molecule has 1 heterocycles. The molecule has 2 rings (SSSR count). The Hall–Kier alpha value is -1.63. The normalized spacial score (nSPS) is 10.4. The minimum absolute atomic E-state index is 0.728. The number of hydrogen-bond donors (Lipinski definition) is 0. The molecule has 0 saturated carbocycles. The molecule has 0 atom stereocenters. The highest BCUT2D eigenvalue weighted by atomic mass is 32.1. The lowest BCUT2D eigenvalue weighted by Crippen LogP contribution is -2.16. The summed E-state index contributed by atoms with van der Waals surface area (Å²) in [7, 11) is 2.09. The number of benzene rings is 1. The number of rotatable bonds is 4. The van der Waals surface area contributed by atoms with E-state index in [9.17, 15) is 0 Å². The lowest BCUT2D eigenvalue weighted by atomic mass is 10.1. The van der Waals surface area contributed by atoms with Crippen molar-refractivity contribution in [2.75, 3.05) is 7.05 Å². The molecule has 0 fully saturated rings. The van der Waals surface area contributed by atoms with Crippen molar-refractivity contribution in [2.24, 2.45) is 0 Å². The van der Waals surface area contributed by atoms with Crippen LogP contribution in [0.4, 0.5) is 0 Å². The van der Waals surface area contributed by atoms with Crippen molar-refractivity contribution < 1.29 is 0 Å². The fourth-order valence-corrected chi connectivity index (χ4v) is 2.46. The highest BCUT2D eigenvalue weighted by Crippen LogP contribution is 2.12. The maximum Gasteiger partial charge on any atom is 0.0991 e. The summed E-state index contributed by atoms with van der Waals surface area (Å²) in [6.45, 7) is 1.81. The number of nitrogens with zero attached hydrogens (tertiary/aromatic N) is 2. The van der Waals surface area contributed by atoms with Crippen molar-refractivity contribution in [3.05, 3.63) is 57.8 Å². The van der Waals surface area contributed by atoms with Gasteiger partial charge in [0.05, 0.1) is 11.6 Å². The fourth-order valence-electron chi connectivity index (χ4n) is 1.80. The van der Waals surface area contributed by atoms with Crippen molar-refractivity contribution in [2.45, 2.75) is 13.1 Å². The second kappa shape index (κ2) is 5.62. The smallest absolute Gasteiger partial charge is 0.0991 e. The molecule has 0 bridgehead atoms. The lowest BCUT2D eigenvalue weighted by Gasteiger charge is -2.15. The third kappa shape index (κ3) is 3.42. The molecule has 3 heteroatoms. The maximum absolute atomic E-state index is 8.84. The van der Waals surface area contributed by atoms with Crippen LogP contribution in [0.15, 0.2) is 41.1 Å². The predicted molar refractivity (Wildman–Crippen MR) is 70.6 cm³/mol. The third-order valence-corrected chi connectivity index (χ3v) is 3.27.